The van der Waals surface area contributed by atoms with Crippen LogP contribution in [0.1, 0.15) is 33.2 Å². The van der Waals surface area contributed by atoms with E-state index in [-0.39, 0.29) is 30.5 Å². The van der Waals surface area contributed by atoms with E-state index in [9.17, 15) is 13.2 Å². The van der Waals surface area contributed by atoms with Crippen LogP contribution in [-0.4, -0.2) is 29.0 Å². The Balaban J connectivity index is 0.00000338. The van der Waals surface area contributed by atoms with Crippen molar-refractivity contribution in [1.29, 1.82) is 0 Å². The number of aliphatic imine (C=N–C) groups is 1. The number of aromatic nitrogens is 2. The third-order valence-electron chi connectivity index (χ3n) is 3.20. The molecular formula is C15H21F3IN5S2. The molecule has 11 heteroatoms. The Morgan fingerprint density at radius 3 is 2.50 bits per heavy atom. The van der Waals surface area contributed by atoms with Gasteiger partial charge < -0.3 is 10.6 Å². The topological polar surface area (TPSA) is 62.2 Å². The summed E-state index contributed by atoms with van der Waals surface area (Å²) in [5, 5.41) is 8.65. The summed E-state index contributed by atoms with van der Waals surface area (Å²) in [4.78, 5) is 13.5. The molecular weight excluding hydrogens is 498 g/mol. The Kier molecular flexibility index (Phi) is 9.24. The van der Waals surface area contributed by atoms with Gasteiger partial charge in [-0.15, -0.1) is 46.7 Å². The molecule has 2 N–H and O–H groups in total. The number of hydrogen-bond acceptors (Lipinski definition) is 5. The Morgan fingerprint density at radius 2 is 1.96 bits per heavy atom. The third-order valence-corrected chi connectivity index (χ3v) is 5.17. The molecule has 0 saturated heterocycles. The summed E-state index contributed by atoms with van der Waals surface area (Å²) in [5.74, 6) is 0.560. The second-order valence-electron chi connectivity index (χ2n) is 5.24. The van der Waals surface area contributed by atoms with Crippen LogP contribution in [-0.2, 0) is 19.1 Å². The van der Waals surface area contributed by atoms with Crippen LogP contribution in [0.15, 0.2) is 10.4 Å². The SMILES string of the molecule is CCNC(=NCc1nc(C(F)(F)F)cs1)NCCc1sc(C)nc1C.I. The minimum absolute atomic E-state index is 0. The van der Waals surface area contributed by atoms with Gasteiger partial charge in [0, 0.05) is 29.8 Å². The molecule has 0 aliphatic rings. The lowest BCUT2D eigenvalue weighted by molar-refractivity contribution is -0.140. The summed E-state index contributed by atoms with van der Waals surface area (Å²) in [7, 11) is 0. The van der Waals surface area contributed by atoms with Crippen molar-refractivity contribution in [1.82, 2.24) is 20.6 Å². The van der Waals surface area contributed by atoms with Gasteiger partial charge in [0.1, 0.15) is 5.01 Å². The average Bonchev–Trinajstić information content (AvgIpc) is 3.11. The Bertz CT molecular complexity index is 727. The quantitative estimate of drug-likeness (QED) is 0.342. The summed E-state index contributed by atoms with van der Waals surface area (Å²) in [5.41, 5.74) is 0.172. The van der Waals surface area contributed by atoms with Crippen molar-refractivity contribution in [3.63, 3.8) is 0 Å². The minimum Gasteiger partial charge on any atom is -0.357 e. The lowest BCUT2D eigenvalue weighted by Crippen LogP contribution is -2.38. The fraction of sp³-hybridized carbons (Fsp3) is 0.533. The van der Waals surface area contributed by atoms with Gasteiger partial charge in [-0.1, -0.05) is 0 Å². The van der Waals surface area contributed by atoms with Crippen molar-refractivity contribution >= 4 is 52.6 Å². The number of alkyl halides is 3. The average molecular weight is 519 g/mol. The summed E-state index contributed by atoms with van der Waals surface area (Å²) in [6.45, 7) is 7.33. The molecule has 0 saturated carbocycles. The number of nitrogens with zero attached hydrogens (tertiary/aromatic N) is 3. The second-order valence-corrected chi connectivity index (χ2v) is 7.47. The highest BCUT2D eigenvalue weighted by atomic mass is 127. The van der Waals surface area contributed by atoms with Gasteiger partial charge in [-0.2, -0.15) is 13.2 Å². The summed E-state index contributed by atoms with van der Waals surface area (Å²) in [6.07, 6.45) is -3.59. The zero-order chi connectivity index (χ0) is 18.4. The minimum atomic E-state index is -4.41. The van der Waals surface area contributed by atoms with Gasteiger partial charge in [-0.05, 0) is 20.8 Å². The van der Waals surface area contributed by atoms with E-state index in [1.807, 2.05) is 20.8 Å². The Morgan fingerprint density at radius 1 is 1.23 bits per heavy atom. The molecule has 146 valence electrons. The maximum atomic E-state index is 12.6. The Labute approximate surface area is 175 Å². The van der Waals surface area contributed by atoms with Gasteiger partial charge in [0.2, 0.25) is 0 Å². The van der Waals surface area contributed by atoms with Crippen LogP contribution in [0.2, 0.25) is 0 Å². The summed E-state index contributed by atoms with van der Waals surface area (Å²) in [6, 6.07) is 0. The molecule has 2 rings (SSSR count). The van der Waals surface area contributed by atoms with Gasteiger partial charge >= 0.3 is 6.18 Å². The van der Waals surface area contributed by atoms with Crippen molar-refractivity contribution in [2.45, 2.75) is 39.9 Å². The van der Waals surface area contributed by atoms with Gasteiger partial charge in [-0.25, -0.2) is 15.0 Å². The van der Waals surface area contributed by atoms with E-state index in [0.29, 0.717) is 24.1 Å². The lowest BCUT2D eigenvalue weighted by atomic mass is 10.3. The first kappa shape index (κ1) is 23.1. The van der Waals surface area contributed by atoms with Crippen LogP contribution in [0.3, 0.4) is 0 Å². The van der Waals surface area contributed by atoms with E-state index < -0.39 is 11.9 Å². The number of halogens is 4. The first-order valence-electron chi connectivity index (χ1n) is 7.76. The fourth-order valence-electron chi connectivity index (χ4n) is 2.10. The van der Waals surface area contributed by atoms with Crippen molar-refractivity contribution < 1.29 is 13.2 Å². The van der Waals surface area contributed by atoms with Crippen molar-refractivity contribution in [2.24, 2.45) is 4.99 Å². The number of guanidine groups is 1. The molecule has 0 unspecified atom stereocenters. The third kappa shape index (κ3) is 6.99. The molecule has 26 heavy (non-hydrogen) atoms. The lowest BCUT2D eigenvalue weighted by Gasteiger charge is -2.10. The molecule has 5 nitrogen and oxygen atoms in total. The smallest absolute Gasteiger partial charge is 0.357 e. The van der Waals surface area contributed by atoms with Gasteiger partial charge in [-0.3, -0.25) is 0 Å². The van der Waals surface area contributed by atoms with E-state index in [0.717, 1.165) is 33.8 Å². The highest BCUT2D eigenvalue weighted by Gasteiger charge is 2.33. The van der Waals surface area contributed by atoms with Gasteiger partial charge in [0.25, 0.3) is 0 Å². The molecule has 0 fully saturated rings. The zero-order valence-corrected chi connectivity index (χ0v) is 18.6. The molecule has 2 heterocycles. The number of rotatable bonds is 6. The van der Waals surface area contributed by atoms with E-state index in [4.69, 9.17) is 0 Å². The highest BCUT2D eigenvalue weighted by molar-refractivity contribution is 14.0. The maximum Gasteiger partial charge on any atom is 0.434 e. The summed E-state index contributed by atoms with van der Waals surface area (Å²) < 4.78 is 37.7. The van der Waals surface area contributed by atoms with Crippen molar-refractivity contribution in [3.8, 4) is 0 Å². The predicted octanol–water partition coefficient (Wildman–Crippen LogP) is 4.15. The van der Waals surface area contributed by atoms with Crippen LogP contribution >= 0.6 is 46.7 Å². The number of nitrogens with one attached hydrogen (secondary N) is 2. The molecule has 0 aliphatic heterocycles. The molecule has 0 bridgehead atoms. The molecule has 2 aromatic rings. The second kappa shape index (κ2) is 10.4. The standard InChI is InChI=1S/C15H20F3N5S2.HI/c1-4-19-14(20-6-5-11-9(2)22-10(3)25-11)21-7-13-23-12(8-24-13)15(16,17)18;/h8H,4-7H2,1-3H3,(H2,19,20,21);1H. The maximum absolute atomic E-state index is 12.6. The van der Waals surface area contributed by atoms with Gasteiger partial charge in [0.05, 0.1) is 17.2 Å². The first-order valence-corrected chi connectivity index (χ1v) is 9.46. The van der Waals surface area contributed by atoms with Crippen molar-refractivity contribution in [3.05, 3.63) is 31.7 Å². The fourth-order valence-corrected chi connectivity index (χ4v) is 3.76. The molecule has 0 atom stereocenters. The van der Waals surface area contributed by atoms with Crippen LogP contribution < -0.4 is 10.6 Å². The van der Waals surface area contributed by atoms with Crippen LogP contribution in [0.5, 0.6) is 0 Å². The van der Waals surface area contributed by atoms with Crippen molar-refractivity contribution in [2.75, 3.05) is 13.1 Å². The van der Waals surface area contributed by atoms with E-state index >= 15 is 0 Å². The largest absolute Gasteiger partial charge is 0.434 e. The van der Waals surface area contributed by atoms with Gasteiger partial charge in [0.15, 0.2) is 11.7 Å². The number of aryl methyl sites for hydroxylation is 2. The normalized spacial score (nSPS) is 12.0. The van der Waals surface area contributed by atoms with Crippen LogP contribution in [0.4, 0.5) is 13.2 Å². The molecule has 2 aromatic heterocycles. The molecule has 0 aliphatic carbocycles. The van der Waals surface area contributed by atoms with E-state index in [2.05, 4.69) is 25.6 Å². The number of thiazole rings is 2. The first-order chi connectivity index (χ1) is 11.8. The monoisotopic (exact) mass is 519 g/mol. The summed E-state index contributed by atoms with van der Waals surface area (Å²) >= 11 is 2.63. The molecule has 0 aromatic carbocycles. The van der Waals surface area contributed by atoms with E-state index in [1.54, 1.807) is 11.3 Å². The van der Waals surface area contributed by atoms with E-state index in [1.165, 1.54) is 4.88 Å². The number of hydrogen-bond donors (Lipinski definition) is 2. The van der Waals surface area contributed by atoms with Crippen LogP contribution in [0, 0.1) is 13.8 Å². The predicted molar refractivity (Wildman–Crippen MR) is 111 cm³/mol. The van der Waals surface area contributed by atoms with Crippen LogP contribution in [0.25, 0.3) is 0 Å². The Hall–Kier alpha value is -0.950. The molecule has 0 amide bonds. The molecule has 0 spiro atoms. The highest BCUT2D eigenvalue weighted by Crippen LogP contribution is 2.30. The zero-order valence-electron chi connectivity index (χ0n) is 14.6. The molecule has 0 radical (unpaired) electrons.